The molecule has 1 N–H and O–H groups in total. The minimum atomic E-state index is -0.102. The summed E-state index contributed by atoms with van der Waals surface area (Å²) in [7, 11) is 0. The summed E-state index contributed by atoms with van der Waals surface area (Å²) < 4.78 is 1.61. The fourth-order valence-electron chi connectivity index (χ4n) is 3.83. The van der Waals surface area contributed by atoms with Gasteiger partial charge in [-0.25, -0.2) is 14.5 Å². The highest BCUT2D eigenvalue weighted by Crippen LogP contribution is 2.27. The number of hydrogen-bond donors (Lipinski definition) is 1. The van der Waals surface area contributed by atoms with Gasteiger partial charge in [-0.15, -0.1) is 0 Å². The Morgan fingerprint density at radius 1 is 1.31 bits per heavy atom. The molecule has 2 aromatic rings. The Morgan fingerprint density at radius 3 is 2.88 bits per heavy atom. The zero-order valence-corrected chi connectivity index (χ0v) is 15.6. The van der Waals surface area contributed by atoms with E-state index in [1.165, 1.54) is 25.6 Å². The lowest BCUT2D eigenvalue weighted by Gasteiger charge is -2.49. The topological polar surface area (TPSA) is 66.3 Å². The molecule has 0 aliphatic carbocycles. The Bertz CT molecular complexity index is 774. The standard InChI is InChI=1S/C18H23ClN6O/c1-13-4-2-3-7-24(13)15-9-23(10-15)18(26)22-16-8-14(19)5-6-17(16)25-12-20-11-21-25/h5-6,8,11-13,15H,2-4,7,9-10H2,1H3,(H,22,26)/t13-/m1/s1. The molecule has 4 rings (SSSR count). The second kappa shape index (κ2) is 7.25. The number of halogens is 1. The summed E-state index contributed by atoms with van der Waals surface area (Å²) in [5.41, 5.74) is 1.37. The first kappa shape index (κ1) is 17.3. The molecule has 2 fully saturated rings. The van der Waals surface area contributed by atoms with Crippen LogP contribution in [0.4, 0.5) is 10.5 Å². The molecule has 1 aromatic carbocycles. The van der Waals surface area contributed by atoms with Crippen molar-refractivity contribution in [2.24, 2.45) is 0 Å². The number of carbonyl (C=O) groups excluding carboxylic acids is 1. The molecule has 3 heterocycles. The van der Waals surface area contributed by atoms with E-state index in [0.29, 0.717) is 22.8 Å². The van der Waals surface area contributed by atoms with Gasteiger partial charge < -0.3 is 10.2 Å². The Balaban J connectivity index is 1.41. The van der Waals surface area contributed by atoms with Crippen molar-refractivity contribution in [1.29, 1.82) is 0 Å². The van der Waals surface area contributed by atoms with Crippen LogP contribution < -0.4 is 5.32 Å². The molecule has 138 valence electrons. The van der Waals surface area contributed by atoms with Gasteiger partial charge in [0.05, 0.1) is 11.4 Å². The van der Waals surface area contributed by atoms with Gasteiger partial charge >= 0.3 is 6.03 Å². The fourth-order valence-corrected chi connectivity index (χ4v) is 4.00. The number of likely N-dealkylation sites (tertiary alicyclic amines) is 2. The van der Waals surface area contributed by atoms with Crippen molar-refractivity contribution < 1.29 is 4.79 Å². The van der Waals surface area contributed by atoms with Crippen LogP contribution in [0.15, 0.2) is 30.9 Å². The van der Waals surface area contributed by atoms with Gasteiger partial charge in [0.1, 0.15) is 12.7 Å². The number of hydrogen-bond acceptors (Lipinski definition) is 4. The van der Waals surface area contributed by atoms with Crippen LogP contribution in [0.2, 0.25) is 5.02 Å². The molecule has 26 heavy (non-hydrogen) atoms. The van der Waals surface area contributed by atoms with E-state index in [1.807, 2.05) is 11.0 Å². The number of anilines is 1. The number of rotatable bonds is 3. The highest BCUT2D eigenvalue weighted by molar-refractivity contribution is 6.31. The predicted octanol–water partition coefficient (Wildman–Crippen LogP) is 3.01. The van der Waals surface area contributed by atoms with Crippen LogP contribution >= 0.6 is 11.6 Å². The first-order chi connectivity index (χ1) is 12.6. The largest absolute Gasteiger partial charge is 0.322 e. The maximum absolute atomic E-state index is 12.6. The summed E-state index contributed by atoms with van der Waals surface area (Å²) in [6, 6.07) is 6.32. The number of piperidine rings is 1. The molecule has 0 unspecified atom stereocenters. The summed E-state index contributed by atoms with van der Waals surface area (Å²) in [6.45, 7) is 4.98. The van der Waals surface area contributed by atoms with Crippen LogP contribution in [0, 0.1) is 0 Å². The van der Waals surface area contributed by atoms with Crippen molar-refractivity contribution in [3.05, 3.63) is 35.9 Å². The van der Waals surface area contributed by atoms with Gasteiger partial charge in [0.15, 0.2) is 0 Å². The normalized spacial score (nSPS) is 21.5. The van der Waals surface area contributed by atoms with E-state index < -0.39 is 0 Å². The zero-order valence-electron chi connectivity index (χ0n) is 14.8. The molecule has 2 amide bonds. The minimum absolute atomic E-state index is 0.102. The molecule has 8 heteroatoms. The molecule has 0 saturated carbocycles. The fraction of sp³-hybridized carbons (Fsp3) is 0.500. The van der Waals surface area contributed by atoms with Crippen LogP contribution in [0.3, 0.4) is 0 Å². The molecule has 2 saturated heterocycles. The summed E-state index contributed by atoms with van der Waals surface area (Å²) in [6.07, 6.45) is 6.88. The lowest BCUT2D eigenvalue weighted by atomic mass is 9.98. The second-order valence-corrected chi connectivity index (χ2v) is 7.51. The predicted molar refractivity (Wildman–Crippen MR) is 101 cm³/mol. The van der Waals surface area contributed by atoms with E-state index in [1.54, 1.807) is 23.1 Å². The lowest BCUT2D eigenvalue weighted by Crippen LogP contribution is -2.64. The van der Waals surface area contributed by atoms with Gasteiger partial charge in [0.25, 0.3) is 0 Å². The number of nitrogens with zero attached hydrogens (tertiary/aromatic N) is 5. The van der Waals surface area contributed by atoms with Crippen LogP contribution in [-0.4, -0.2) is 62.3 Å². The van der Waals surface area contributed by atoms with E-state index in [2.05, 4.69) is 27.2 Å². The first-order valence-electron chi connectivity index (χ1n) is 9.08. The van der Waals surface area contributed by atoms with Gasteiger partial charge in [0, 0.05) is 30.2 Å². The van der Waals surface area contributed by atoms with E-state index in [9.17, 15) is 4.79 Å². The number of aromatic nitrogens is 3. The molecule has 1 aromatic heterocycles. The number of nitrogens with one attached hydrogen (secondary N) is 1. The molecule has 2 aliphatic rings. The highest BCUT2D eigenvalue weighted by Gasteiger charge is 2.37. The van der Waals surface area contributed by atoms with Gasteiger partial charge in [-0.1, -0.05) is 18.0 Å². The lowest BCUT2D eigenvalue weighted by molar-refractivity contribution is 0.0199. The Kier molecular flexibility index (Phi) is 4.82. The molecule has 2 aliphatic heterocycles. The molecule has 1 atom stereocenters. The monoisotopic (exact) mass is 374 g/mol. The van der Waals surface area contributed by atoms with Gasteiger partial charge in [-0.3, -0.25) is 4.90 Å². The number of urea groups is 1. The SMILES string of the molecule is C[C@@H]1CCCCN1C1CN(C(=O)Nc2cc(Cl)ccc2-n2cncn2)C1. The Morgan fingerprint density at radius 2 is 2.15 bits per heavy atom. The van der Waals surface area contributed by atoms with Crippen molar-refractivity contribution in [1.82, 2.24) is 24.6 Å². The number of benzene rings is 1. The van der Waals surface area contributed by atoms with E-state index in [-0.39, 0.29) is 6.03 Å². The van der Waals surface area contributed by atoms with Crippen LogP contribution in [-0.2, 0) is 0 Å². The molecule has 0 radical (unpaired) electrons. The van der Waals surface area contributed by atoms with Gasteiger partial charge in [0.2, 0.25) is 0 Å². The van der Waals surface area contributed by atoms with Crippen LogP contribution in [0.25, 0.3) is 5.69 Å². The van der Waals surface area contributed by atoms with Crippen molar-refractivity contribution in [2.45, 2.75) is 38.3 Å². The quantitative estimate of drug-likeness (QED) is 0.896. The third-order valence-electron chi connectivity index (χ3n) is 5.34. The number of carbonyl (C=O) groups is 1. The van der Waals surface area contributed by atoms with Crippen molar-refractivity contribution >= 4 is 23.3 Å². The van der Waals surface area contributed by atoms with Crippen molar-refractivity contribution in [3.63, 3.8) is 0 Å². The van der Waals surface area contributed by atoms with E-state index in [4.69, 9.17) is 11.6 Å². The minimum Gasteiger partial charge on any atom is -0.321 e. The average Bonchev–Trinajstić information content (AvgIpc) is 3.09. The third-order valence-corrected chi connectivity index (χ3v) is 5.57. The second-order valence-electron chi connectivity index (χ2n) is 7.07. The average molecular weight is 375 g/mol. The summed E-state index contributed by atoms with van der Waals surface area (Å²) >= 11 is 6.11. The number of amides is 2. The maximum Gasteiger partial charge on any atom is 0.322 e. The zero-order chi connectivity index (χ0) is 18.1. The molecule has 0 spiro atoms. The van der Waals surface area contributed by atoms with E-state index in [0.717, 1.165) is 25.3 Å². The van der Waals surface area contributed by atoms with E-state index >= 15 is 0 Å². The van der Waals surface area contributed by atoms with Crippen LogP contribution in [0.1, 0.15) is 26.2 Å². The Hall–Kier alpha value is -2.12. The summed E-state index contributed by atoms with van der Waals surface area (Å²) in [4.78, 5) is 21.0. The molecular formula is C18H23ClN6O. The molecule has 7 nitrogen and oxygen atoms in total. The molecule has 0 bridgehead atoms. The smallest absolute Gasteiger partial charge is 0.321 e. The van der Waals surface area contributed by atoms with Gasteiger partial charge in [-0.05, 0) is 44.5 Å². The third kappa shape index (κ3) is 3.41. The molecular weight excluding hydrogens is 352 g/mol. The first-order valence-corrected chi connectivity index (χ1v) is 9.46. The van der Waals surface area contributed by atoms with Crippen molar-refractivity contribution in [3.8, 4) is 5.69 Å². The highest BCUT2D eigenvalue weighted by atomic mass is 35.5. The van der Waals surface area contributed by atoms with Crippen LogP contribution in [0.5, 0.6) is 0 Å². The maximum atomic E-state index is 12.6. The summed E-state index contributed by atoms with van der Waals surface area (Å²) in [5.74, 6) is 0. The van der Waals surface area contributed by atoms with Gasteiger partial charge in [-0.2, -0.15) is 5.10 Å². The van der Waals surface area contributed by atoms with Crippen molar-refractivity contribution in [2.75, 3.05) is 25.0 Å². The summed E-state index contributed by atoms with van der Waals surface area (Å²) in [5, 5.41) is 7.67. The Labute approximate surface area is 157 Å².